The highest BCUT2D eigenvalue weighted by atomic mass is 32.2. The van der Waals surface area contributed by atoms with Gasteiger partial charge in [0.2, 0.25) is 0 Å². The first-order valence-electron chi connectivity index (χ1n) is 14.5. The summed E-state index contributed by atoms with van der Waals surface area (Å²) in [6.07, 6.45) is 17.6. The number of carbonyl (C=O) groups excluding carboxylic acids is 2. The van der Waals surface area contributed by atoms with Crippen LogP contribution >= 0.6 is 23.5 Å². The lowest BCUT2D eigenvalue weighted by atomic mass is 9.85. The zero-order valence-electron chi connectivity index (χ0n) is 25.2. The van der Waals surface area contributed by atoms with Crippen molar-refractivity contribution in [2.24, 2.45) is 0 Å². The molecule has 0 aliphatic rings. The van der Waals surface area contributed by atoms with Crippen LogP contribution in [0.4, 0.5) is 0 Å². The number of benzene rings is 2. The maximum Gasteiger partial charge on any atom is 0.186 e. The van der Waals surface area contributed by atoms with Crippen LogP contribution in [-0.4, -0.2) is 48.2 Å². The minimum absolute atomic E-state index is 0.123. The molecule has 0 amide bonds. The summed E-state index contributed by atoms with van der Waals surface area (Å²) in [6, 6.07) is 15.8. The highest BCUT2D eigenvalue weighted by Crippen LogP contribution is 2.24. The monoisotopic (exact) mass is 580 g/mol. The third-order valence-corrected chi connectivity index (χ3v) is 9.00. The molecule has 2 unspecified atom stereocenters. The molecule has 0 bridgehead atoms. The van der Waals surface area contributed by atoms with Gasteiger partial charge in [-0.15, -0.1) is 23.5 Å². The van der Waals surface area contributed by atoms with Gasteiger partial charge in [-0.1, -0.05) is 75.3 Å². The summed E-state index contributed by atoms with van der Waals surface area (Å²) >= 11 is 3.36. The summed E-state index contributed by atoms with van der Waals surface area (Å²) in [5.74, 6) is 0.246. The first-order valence-corrected chi connectivity index (χ1v) is 17.0. The van der Waals surface area contributed by atoms with Crippen molar-refractivity contribution >= 4 is 35.1 Å². The van der Waals surface area contributed by atoms with Gasteiger partial charge in [0.25, 0.3) is 0 Å². The molecule has 2 atom stereocenters. The Morgan fingerprint density at radius 2 is 1.00 bits per heavy atom. The molecule has 0 saturated carbocycles. The molecule has 0 aromatic heterocycles. The smallest absolute Gasteiger partial charge is 0.186 e. The van der Waals surface area contributed by atoms with Gasteiger partial charge in [0.1, 0.15) is 11.1 Å². The summed E-state index contributed by atoms with van der Waals surface area (Å²) in [6.45, 7) is 9.63. The first-order chi connectivity index (χ1) is 19.3. The van der Waals surface area contributed by atoms with Gasteiger partial charge in [-0.3, -0.25) is 9.59 Å². The van der Waals surface area contributed by atoms with Crippen molar-refractivity contribution in [3.05, 3.63) is 84.0 Å². The number of unbranched alkanes of at least 4 members (excludes halogenated alkanes) is 3. The van der Waals surface area contributed by atoms with Crippen molar-refractivity contribution < 1.29 is 9.59 Å². The predicted molar refractivity (Wildman–Crippen MR) is 175 cm³/mol. The first kappa shape index (κ1) is 34.1. The van der Waals surface area contributed by atoms with Crippen LogP contribution in [0.15, 0.2) is 82.6 Å². The lowest BCUT2D eigenvalue weighted by Gasteiger charge is -2.30. The zero-order chi connectivity index (χ0) is 29.4. The Bertz CT molecular complexity index is 1020. The van der Waals surface area contributed by atoms with Gasteiger partial charge in [-0.25, -0.2) is 0 Å². The van der Waals surface area contributed by atoms with E-state index in [9.17, 15) is 9.59 Å². The Labute approximate surface area is 251 Å². The van der Waals surface area contributed by atoms with Gasteiger partial charge in [0.05, 0.1) is 0 Å². The fraction of sp³-hybridized carbons (Fsp3) is 0.471. The number of thioether (sulfide) groups is 2. The molecule has 0 aliphatic carbocycles. The molecule has 0 spiro atoms. The summed E-state index contributed by atoms with van der Waals surface area (Å²) in [5.41, 5.74) is 0.121. The fourth-order valence-electron chi connectivity index (χ4n) is 5.03. The number of hydrogen-bond acceptors (Lipinski definition) is 6. The molecule has 2 N–H and O–H groups in total. The third kappa shape index (κ3) is 9.20. The maximum atomic E-state index is 13.5. The van der Waals surface area contributed by atoms with E-state index in [-0.39, 0.29) is 11.6 Å². The van der Waals surface area contributed by atoms with Crippen molar-refractivity contribution in [3.63, 3.8) is 0 Å². The molecule has 0 radical (unpaired) electrons. The van der Waals surface area contributed by atoms with Gasteiger partial charge >= 0.3 is 0 Å². The van der Waals surface area contributed by atoms with Crippen molar-refractivity contribution in [1.82, 2.24) is 10.6 Å². The number of hydrogen-bond donors (Lipinski definition) is 2. The molecule has 2 aromatic rings. The number of Topliss-reactive ketones (excluding diaryl/α,β-unsaturated/α-hetero) is 2. The second-order valence-corrected chi connectivity index (χ2v) is 11.8. The molecule has 4 nitrogen and oxygen atoms in total. The summed E-state index contributed by atoms with van der Waals surface area (Å²) < 4.78 is 0. The molecule has 2 rings (SSSR count). The maximum absolute atomic E-state index is 13.5. The lowest BCUT2D eigenvalue weighted by Crippen LogP contribution is -2.50. The Morgan fingerprint density at radius 1 is 0.650 bits per heavy atom. The van der Waals surface area contributed by atoms with Crippen LogP contribution < -0.4 is 10.6 Å². The van der Waals surface area contributed by atoms with Crippen molar-refractivity contribution in [1.29, 1.82) is 0 Å². The van der Waals surface area contributed by atoms with Crippen LogP contribution in [0.25, 0.3) is 0 Å². The van der Waals surface area contributed by atoms with E-state index in [1.165, 1.54) is 0 Å². The van der Waals surface area contributed by atoms with Gasteiger partial charge in [0, 0.05) is 20.9 Å². The fourth-order valence-corrected chi connectivity index (χ4v) is 5.85. The van der Waals surface area contributed by atoms with Crippen LogP contribution in [0.5, 0.6) is 0 Å². The number of ketones is 2. The largest absolute Gasteiger partial charge is 0.301 e. The summed E-state index contributed by atoms with van der Waals surface area (Å²) in [7, 11) is 0. The normalized spacial score (nSPS) is 14.8. The molecular formula is C34H48N2O2S2. The number of nitrogens with one attached hydrogen (secondary N) is 2. The highest BCUT2D eigenvalue weighted by Gasteiger charge is 2.34. The SMILES string of the molecule is CC=CC(CC)(NCCCCCCNC(C=CC)(CC)C(=O)c1ccc(SC)cc1)C(=O)c1ccc(SC)cc1. The molecular weight excluding hydrogens is 533 g/mol. The van der Waals surface area contributed by atoms with Crippen LogP contribution in [0.2, 0.25) is 0 Å². The van der Waals surface area contributed by atoms with E-state index in [1.807, 2.05) is 99.2 Å². The molecule has 40 heavy (non-hydrogen) atoms. The van der Waals surface area contributed by atoms with E-state index in [2.05, 4.69) is 24.5 Å². The van der Waals surface area contributed by atoms with Crippen LogP contribution in [0, 0.1) is 0 Å². The van der Waals surface area contributed by atoms with Gasteiger partial charge in [-0.2, -0.15) is 0 Å². The Kier molecular flexibility index (Phi) is 15.0. The van der Waals surface area contributed by atoms with Gasteiger partial charge in [-0.05, 0) is 89.4 Å². The lowest BCUT2D eigenvalue weighted by molar-refractivity contribution is 0.0880. The molecule has 6 heteroatoms. The van der Waals surface area contributed by atoms with Crippen molar-refractivity contribution in [3.8, 4) is 0 Å². The van der Waals surface area contributed by atoms with Crippen molar-refractivity contribution in [2.75, 3.05) is 25.6 Å². The molecule has 0 heterocycles. The summed E-state index contributed by atoms with van der Waals surface area (Å²) in [4.78, 5) is 29.3. The zero-order valence-corrected chi connectivity index (χ0v) is 26.9. The number of rotatable bonds is 19. The van der Waals surface area contributed by atoms with E-state index in [0.717, 1.165) is 59.7 Å². The summed E-state index contributed by atoms with van der Waals surface area (Å²) in [5, 5.41) is 7.16. The topological polar surface area (TPSA) is 58.2 Å². The van der Waals surface area contributed by atoms with E-state index in [0.29, 0.717) is 12.8 Å². The average molecular weight is 581 g/mol. The van der Waals surface area contributed by atoms with Crippen molar-refractivity contribution in [2.45, 2.75) is 87.1 Å². The molecule has 218 valence electrons. The van der Waals surface area contributed by atoms with E-state index < -0.39 is 11.1 Å². The highest BCUT2D eigenvalue weighted by molar-refractivity contribution is 7.98. The minimum atomic E-state index is -0.682. The van der Waals surface area contributed by atoms with Gasteiger partial charge in [0.15, 0.2) is 11.6 Å². The third-order valence-electron chi connectivity index (χ3n) is 7.52. The van der Waals surface area contributed by atoms with E-state index >= 15 is 0 Å². The predicted octanol–water partition coefficient (Wildman–Crippen LogP) is 8.39. The minimum Gasteiger partial charge on any atom is -0.301 e. The molecule has 0 saturated heterocycles. The van der Waals surface area contributed by atoms with Gasteiger partial charge < -0.3 is 10.6 Å². The second kappa shape index (κ2) is 17.6. The Hall–Kier alpha value is -2.12. The van der Waals surface area contributed by atoms with Crippen LogP contribution in [-0.2, 0) is 0 Å². The van der Waals surface area contributed by atoms with E-state index in [1.54, 1.807) is 23.5 Å². The Morgan fingerprint density at radius 3 is 1.27 bits per heavy atom. The standard InChI is InChI=1S/C34H48N2O2S2/c1-7-23-33(9-3,31(37)27-15-19-29(39-5)20-16-27)35-25-13-11-12-14-26-36-34(10-4,24-8-2)32(38)28-17-21-30(40-6)22-18-28/h7-8,15-24,35-36H,9-14,25-26H2,1-6H3. The Balaban J connectivity index is 1.88. The number of allylic oxidation sites excluding steroid dienone is 2. The number of carbonyl (C=O) groups is 2. The van der Waals surface area contributed by atoms with Crippen LogP contribution in [0.3, 0.4) is 0 Å². The molecule has 2 aromatic carbocycles. The average Bonchev–Trinajstić information content (AvgIpc) is 3.00. The van der Waals surface area contributed by atoms with E-state index in [4.69, 9.17) is 0 Å². The molecule has 0 aliphatic heterocycles. The van der Waals surface area contributed by atoms with Crippen LogP contribution in [0.1, 0.15) is 86.9 Å². The molecule has 0 fully saturated rings. The quantitative estimate of drug-likeness (QED) is 0.0753. The second-order valence-electron chi connectivity index (χ2n) is 10.0.